The number of carbonyl (C=O) groups is 1. The van der Waals surface area contributed by atoms with Crippen LogP contribution < -0.4 is 0 Å². The van der Waals surface area contributed by atoms with Crippen molar-refractivity contribution >= 4 is 23.3 Å². The number of hydrogen-bond donors (Lipinski definition) is 0. The van der Waals surface area contributed by atoms with Gasteiger partial charge in [0.2, 0.25) is 11.7 Å². The molecule has 1 aliphatic heterocycles. The molecule has 1 saturated carbocycles. The number of rotatable bonds is 7. The van der Waals surface area contributed by atoms with Crippen molar-refractivity contribution in [3.05, 3.63) is 70.6 Å². The third-order valence-corrected chi connectivity index (χ3v) is 7.22. The first-order valence-electron chi connectivity index (χ1n) is 12.1. The lowest BCUT2D eigenvalue weighted by Gasteiger charge is -2.38. The molecule has 0 N–H and O–H groups in total. The van der Waals surface area contributed by atoms with Crippen LogP contribution in [0, 0.1) is 0 Å². The minimum atomic E-state index is -0.665. The van der Waals surface area contributed by atoms with Gasteiger partial charge in [-0.05, 0) is 47.9 Å². The minimum absolute atomic E-state index is 0.132. The monoisotopic (exact) mass is 493 g/mol. The number of nitrogens with zero attached hydrogens (tertiary/aromatic N) is 3. The standard InChI is InChI=1S/C27H28ClN3O4/c1-18(32)33-25-17-23(30-35-25)19-5-7-20(8-6-19)26-29-24(34-31-26)13-16-27(14-3-2-4-15-27)21-9-11-22(28)12-10-21/h5-12,25H,2-4,13-17H2,1H3. The van der Waals surface area contributed by atoms with Crippen LogP contribution in [0.4, 0.5) is 0 Å². The third kappa shape index (κ3) is 5.40. The van der Waals surface area contributed by atoms with Crippen LogP contribution in [0.3, 0.4) is 0 Å². The number of esters is 1. The number of ether oxygens (including phenoxy) is 1. The Kier molecular flexibility index (Phi) is 6.86. The van der Waals surface area contributed by atoms with E-state index in [0.29, 0.717) is 18.1 Å². The molecule has 2 aromatic carbocycles. The van der Waals surface area contributed by atoms with E-state index in [0.717, 1.165) is 34.7 Å². The van der Waals surface area contributed by atoms with E-state index in [9.17, 15) is 4.79 Å². The van der Waals surface area contributed by atoms with E-state index in [2.05, 4.69) is 27.4 Å². The molecule has 1 atom stereocenters. The molecule has 7 nitrogen and oxygen atoms in total. The molecule has 182 valence electrons. The molecule has 0 radical (unpaired) electrons. The van der Waals surface area contributed by atoms with E-state index >= 15 is 0 Å². The van der Waals surface area contributed by atoms with Crippen LogP contribution in [-0.4, -0.2) is 28.1 Å². The van der Waals surface area contributed by atoms with Gasteiger partial charge in [-0.25, -0.2) is 0 Å². The predicted octanol–water partition coefficient (Wildman–Crippen LogP) is 6.24. The van der Waals surface area contributed by atoms with Crippen molar-refractivity contribution in [2.45, 2.75) is 70.0 Å². The Balaban J connectivity index is 1.24. The zero-order valence-corrected chi connectivity index (χ0v) is 20.5. The number of benzene rings is 2. The minimum Gasteiger partial charge on any atom is -0.423 e. The van der Waals surface area contributed by atoms with Crippen molar-refractivity contribution in [1.82, 2.24) is 10.1 Å². The summed E-state index contributed by atoms with van der Waals surface area (Å²) in [7, 11) is 0. The Morgan fingerprint density at radius 2 is 1.77 bits per heavy atom. The maximum absolute atomic E-state index is 11.1. The highest BCUT2D eigenvalue weighted by Crippen LogP contribution is 2.43. The van der Waals surface area contributed by atoms with Crippen LogP contribution in [0.25, 0.3) is 11.4 Å². The van der Waals surface area contributed by atoms with Gasteiger partial charge in [0.1, 0.15) is 0 Å². The fourth-order valence-corrected chi connectivity index (χ4v) is 5.25. The molecule has 3 aromatic rings. The zero-order chi connectivity index (χ0) is 24.3. The molecule has 1 unspecified atom stereocenters. The first-order chi connectivity index (χ1) is 17.0. The van der Waals surface area contributed by atoms with Crippen molar-refractivity contribution in [2.24, 2.45) is 5.16 Å². The molecule has 0 bridgehead atoms. The van der Waals surface area contributed by atoms with E-state index in [1.807, 2.05) is 36.4 Å². The highest BCUT2D eigenvalue weighted by Gasteiger charge is 2.34. The van der Waals surface area contributed by atoms with E-state index in [1.54, 1.807) is 0 Å². The molecule has 8 heteroatoms. The summed E-state index contributed by atoms with van der Waals surface area (Å²) in [6.07, 6.45) is 7.57. The summed E-state index contributed by atoms with van der Waals surface area (Å²) < 4.78 is 10.7. The Hall–Kier alpha value is -3.19. The summed E-state index contributed by atoms with van der Waals surface area (Å²) in [4.78, 5) is 20.9. The highest BCUT2D eigenvalue weighted by atomic mass is 35.5. The topological polar surface area (TPSA) is 86.8 Å². The average molecular weight is 494 g/mol. The van der Waals surface area contributed by atoms with E-state index in [4.69, 9.17) is 25.7 Å². The van der Waals surface area contributed by atoms with Crippen molar-refractivity contribution in [3.8, 4) is 11.4 Å². The van der Waals surface area contributed by atoms with Gasteiger partial charge in [0, 0.05) is 23.9 Å². The number of hydrogen-bond acceptors (Lipinski definition) is 7. The Labute approximate surface area is 209 Å². The summed E-state index contributed by atoms with van der Waals surface area (Å²) in [6, 6.07) is 16.0. The Morgan fingerprint density at radius 1 is 1.06 bits per heavy atom. The Morgan fingerprint density at radius 3 is 2.49 bits per heavy atom. The molecule has 1 aromatic heterocycles. The summed E-state index contributed by atoms with van der Waals surface area (Å²) in [5, 5.41) is 9.02. The first kappa shape index (κ1) is 23.5. The van der Waals surface area contributed by atoms with Gasteiger partial charge >= 0.3 is 5.97 Å². The van der Waals surface area contributed by atoms with Crippen molar-refractivity contribution in [1.29, 1.82) is 0 Å². The second-order valence-electron chi connectivity index (χ2n) is 9.32. The molecule has 1 fully saturated rings. The number of halogens is 1. The van der Waals surface area contributed by atoms with Gasteiger partial charge in [-0.2, -0.15) is 4.98 Å². The number of aromatic nitrogens is 2. The van der Waals surface area contributed by atoms with Crippen molar-refractivity contribution < 1.29 is 18.9 Å². The average Bonchev–Trinajstić information content (AvgIpc) is 3.53. The lowest BCUT2D eigenvalue weighted by molar-refractivity contribution is -0.170. The normalized spacial score (nSPS) is 19.1. The molecule has 2 heterocycles. The van der Waals surface area contributed by atoms with Crippen molar-refractivity contribution in [3.63, 3.8) is 0 Å². The fraction of sp³-hybridized carbons (Fsp3) is 0.407. The first-order valence-corrected chi connectivity index (χ1v) is 12.5. The largest absolute Gasteiger partial charge is 0.423 e. The summed E-state index contributed by atoms with van der Waals surface area (Å²) in [6.45, 7) is 1.35. The fourth-order valence-electron chi connectivity index (χ4n) is 5.12. The maximum atomic E-state index is 11.1. The number of oxime groups is 1. The van der Waals surface area contributed by atoms with Crippen LogP contribution >= 0.6 is 11.6 Å². The summed E-state index contributed by atoms with van der Waals surface area (Å²) >= 11 is 6.14. The number of aryl methyl sites for hydroxylation is 1. The van der Waals surface area contributed by atoms with Crippen molar-refractivity contribution in [2.75, 3.05) is 0 Å². The van der Waals surface area contributed by atoms with E-state index in [-0.39, 0.29) is 5.41 Å². The lowest BCUT2D eigenvalue weighted by atomic mass is 9.67. The quantitative estimate of drug-likeness (QED) is 0.362. The Bertz CT molecular complexity index is 1200. The molecule has 5 rings (SSSR count). The van der Waals surface area contributed by atoms with Crippen LogP contribution in [0.5, 0.6) is 0 Å². The van der Waals surface area contributed by atoms with Gasteiger partial charge in [0.05, 0.1) is 12.1 Å². The molecular weight excluding hydrogens is 466 g/mol. The molecular formula is C27H28ClN3O4. The summed E-state index contributed by atoms with van der Waals surface area (Å²) in [5.41, 5.74) is 3.98. The van der Waals surface area contributed by atoms with Gasteiger partial charge < -0.3 is 14.1 Å². The maximum Gasteiger partial charge on any atom is 0.305 e. The zero-order valence-electron chi connectivity index (χ0n) is 19.7. The van der Waals surface area contributed by atoms with Crippen LogP contribution in [0.15, 0.2) is 58.2 Å². The molecule has 35 heavy (non-hydrogen) atoms. The van der Waals surface area contributed by atoms with Gasteiger partial charge in [-0.15, -0.1) is 0 Å². The van der Waals surface area contributed by atoms with Crippen LogP contribution in [0.2, 0.25) is 5.02 Å². The lowest BCUT2D eigenvalue weighted by Crippen LogP contribution is -2.29. The molecule has 0 amide bonds. The SMILES string of the molecule is CC(=O)OC1CC(c2ccc(-c3noc(CCC4(c5ccc(Cl)cc5)CCCCC4)n3)cc2)=NO1. The van der Waals surface area contributed by atoms with Crippen LogP contribution in [0.1, 0.15) is 68.9 Å². The summed E-state index contributed by atoms with van der Waals surface area (Å²) in [5.74, 6) is 0.830. The van der Waals surface area contributed by atoms with E-state index < -0.39 is 12.3 Å². The smallest absolute Gasteiger partial charge is 0.305 e. The van der Waals surface area contributed by atoms with E-state index in [1.165, 1.54) is 44.6 Å². The van der Waals surface area contributed by atoms with Gasteiger partial charge in [0.15, 0.2) is 0 Å². The molecule has 0 saturated heterocycles. The second kappa shape index (κ2) is 10.2. The molecule has 2 aliphatic rings. The molecule has 1 aliphatic carbocycles. The van der Waals surface area contributed by atoms with Gasteiger partial charge in [0.25, 0.3) is 6.29 Å². The number of carbonyl (C=O) groups excluding carboxylic acids is 1. The van der Waals surface area contributed by atoms with Crippen LogP contribution in [-0.2, 0) is 26.2 Å². The molecule has 0 spiro atoms. The second-order valence-corrected chi connectivity index (χ2v) is 9.76. The highest BCUT2D eigenvalue weighted by molar-refractivity contribution is 6.30. The third-order valence-electron chi connectivity index (χ3n) is 6.97. The predicted molar refractivity (Wildman–Crippen MR) is 132 cm³/mol. The van der Waals surface area contributed by atoms with Gasteiger partial charge in [-0.3, -0.25) is 4.79 Å². The van der Waals surface area contributed by atoms with Gasteiger partial charge in [-0.1, -0.05) is 77.6 Å².